The van der Waals surface area contributed by atoms with E-state index in [1.807, 2.05) is 0 Å². The molecule has 1 aromatic carbocycles. The summed E-state index contributed by atoms with van der Waals surface area (Å²) in [6.45, 7) is 6.63. The van der Waals surface area contributed by atoms with E-state index in [9.17, 15) is 4.79 Å². The minimum absolute atomic E-state index is 0. The van der Waals surface area contributed by atoms with E-state index in [4.69, 9.17) is 0 Å². The number of carbonyl (C=O) groups is 1. The van der Waals surface area contributed by atoms with Crippen LogP contribution < -0.4 is 10.6 Å². The van der Waals surface area contributed by atoms with E-state index < -0.39 is 0 Å². The number of nitrogens with one attached hydrogen (secondary N) is 2. The monoisotopic (exact) mass is 268 g/mol. The maximum absolute atomic E-state index is 11.6. The van der Waals surface area contributed by atoms with Crippen molar-refractivity contribution in [3.8, 4) is 0 Å². The number of carbonyl (C=O) groups excluding carboxylic acids is 1. The topological polar surface area (TPSA) is 41.1 Å². The van der Waals surface area contributed by atoms with Crippen LogP contribution >= 0.6 is 12.4 Å². The average Bonchev–Trinajstić information content (AvgIpc) is 2.24. The van der Waals surface area contributed by atoms with Gasteiger partial charge in [0.15, 0.2) is 0 Å². The fraction of sp³-hybridized carbons (Fsp3) is 0.500. The second-order valence-corrected chi connectivity index (χ2v) is 4.97. The van der Waals surface area contributed by atoms with E-state index >= 15 is 0 Å². The Hall–Kier alpha value is -1.06. The van der Waals surface area contributed by atoms with Gasteiger partial charge in [-0.05, 0) is 17.0 Å². The van der Waals surface area contributed by atoms with Crippen LogP contribution in [0.2, 0.25) is 0 Å². The minimum atomic E-state index is 0. The molecule has 1 aliphatic rings. The highest BCUT2D eigenvalue weighted by molar-refractivity contribution is 5.85. The Morgan fingerprint density at radius 2 is 1.94 bits per heavy atom. The lowest BCUT2D eigenvalue weighted by Gasteiger charge is -2.25. The Bertz CT molecular complexity index is 385. The third-order valence-electron chi connectivity index (χ3n) is 3.27. The molecule has 18 heavy (non-hydrogen) atoms. The number of benzene rings is 1. The molecule has 2 N–H and O–H groups in total. The quantitative estimate of drug-likeness (QED) is 0.878. The molecule has 0 atom stereocenters. The Kier molecular flexibility index (Phi) is 5.63. The molecule has 4 heteroatoms. The molecule has 0 radical (unpaired) electrons. The third-order valence-corrected chi connectivity index (χ3v) is 3.27. The van der Waals surface area contributed by atoms with Gasteiger partial charge in [-0.1, -0.05) is 38.1 Å². The maximum Gasteiger partial charge on any atom is 0.225 e. The van der Waals surface area contributed by atoms with Gasteiger partial charge in [-0.25, -0.2) is 0 Å². The van der Waals surface area contributed by atoms with E-state index in [1.54, 1.807) is 0 Å². The van der Waals surface area contributed by atoms with Crippen molar-refractivity contribution in [3.05, 3.63) is 35.4 Å². The van der Waals surface area contributed by atoms with Gasteiger partial charge >= 0.3 is 0 Å². The lowest BCUT2D eigenvalue weighted by molar-refractivity contribution is -0.126. The van der Waals surface area contributed by atoms with E-state index in [0.29, 0.717) is 12.5 Å². The van der Waals surface area contributed by atoms with Gasteiger partial charge in [-0.3, -0.25) is 4.79 Å². The van der Waals surface area contributed by atoms with Gasteiger partial charge in [0.25, 0.3) is 0 Å². The molecule has 100 valence electrons. The standard InChI is InChI=1S/C14H20N2O.ClH/c1-10(2)12-5-3-11(4-6-12)7-16-14(17)13-8-15-9-13;/h3-6,10,13,15H,7-9H2,1-2H3,(H,16,17);1H. The number of halogens is 1. The highest BCUT2D eigenvalue weighted by Crippen LogP contribution is 2.14. The summed E-state index contributed by atoms with van der Waals surface area (Å²) in [6, 6.07) is 8.46. The van der Waals surface area contributed by atoms with Crippen molar-refractivity contribution in [2.45, 2.75) is 26.3 Å². The second kappa shape index (κ2) is 6.76. The summed E-state index contributed by atoms with van der Waals surface area (Å²) in [5, 5.41) is 6.07. The van der Waals surface area contributed by atoms with Crippen LogP contribution in [-0.4, -0.2) is 19.0 Å². The zero-order valence-corrected chi connectivity index (χ0v) is 11.7. The largest absolute Gasteiger partial charge is 0.352 e. The Morgan fingerprint density at radius 1 is 1.33 bits per heavy atom. The maximum atomic E-state index is 11.6. The predicted octanol–water partition coefficient (Wildman–Crippen LogP) is 2.07. The van der Waals surface area contributed by atoms with Crippen LogP contribution in [0.3, 0.4) is 0 Å². The van der Waals surface area contributed by atoms with E-state index in [2.05, 4.69) is 48.7 Å². The van der Waals surface area contributed by atoms with Crippen molar-refractivity contribution in [3.63, 3.8) is 0 Å². The van der Waals surface area contributed by atoms with Crippen molar-refractivity contribution in [2.75, 3.05) is 13.1 Å². The first-order valence-electron chi connectivity index (χ1n) is 6.24. The first kappa shape index (κ1) is 15.0. The van der Waals surface area contributed by atoms with E-state index in [-0.39, 0.29) is 24.2 Å². The molecule has 0 bridgehead atoms. The molecule has 1 heterocycles. The first-order valence-corrected chi connectivity index (χ1v) is 6.24. The molecule has 0 aromatic heterocycles. The zero-order chi connectivity index (χ0) is 12.3. The molecule has 1 aromatic rings. The summed E-state index contributed by atoms with van der Waals surface area (Å²) in [5.41, 5.74) is 2.50. The number of rotatable bonds is 4. The van der Waals surface area contributed by atoms with Crippen LogP contribution in [0, 0.1) is 5.92 Å². The molecule has 0 spiro atoms. The van der Waals surface area contributed by atoms with Crippen molar-refractivity contribution in [1.82, 2.24) is 10.6 Å². The lowest BCUT2D eigenvalue weighted by Crippen LogP contribution is -2.50. The van der Waals surface area contributed by atoms with Gasteiger partial charge in [0.05, 0.1) is 5.92 Å². The van der Waals surface area contributed by atoms with Gasteiger partial charge in [0, 0.05) is 19.6 Å². The van der Waals surface area contributed by atoms with Crippen molar-refractivity contribution >= 4 is 18.3 Å². The summed E-state index contributed by atoms with van der Waals surface area (Å²) in [7, 11) is 0. The molecule has 3 nitrogen and oxygen atoms in total. The van der Waals surface area contributed by atoms with Crippen LogP contribution in [0.5, 0.6) is 0 Å². The summed E-state index contributed by atoms with van der Waals surface area (Å²) < 4.78 is 0. The van der Waals surface area contributed by atoms with Gasteiger partial charge in [-0.2, -0.15) is 0 Å². The van der Waals surface area contributed by atoms with Crippen LogP contribution in [0.4, 0.5) is 0 Å². The van der Waals surface area contributed by atoms with Gasteiger partial charge in [0.1, 0.15) is 0 Å². The van der Waals surface area contributed by atoms with Crippen LogP contribution in [-0.2, 0) is 11.3 Å². The number of amides is 1. The number of hydrogen-bond acceptors (Lipinski definition) is 2. The Balaban J connectivity index is 0.00000162. The van der Waals surface area contributed by atoms with Crippen molar-refractivity contribution in [2.24, 2.45) is 5.92 Å². The van der Waals surface area contributed by atoms with Crippen molar-refractivity contribution < 1.29 is 4.79 Å². The lowest BCUT2D eigenvalue weighted by atomic mass is 10.0. The summed E-state index contributed by atoms with van der Waals surface area (Å²) in [4.78, 5) is 11.6. The SMILES string of the molecule is CC(C)c1ccc(CNC(=O)C2CNC2)cc1.Cl. The molecular weight excluding hydrogens is 248 g/mol. The van der Waals surface area contributed by atoms with Gasteiger partial charge in [-0.15, -0.1) is 12.4 Å². The highest BCUT2D eigenvalue weighted by Gasteiger charge is 2.24. The average molecular weight is 269 g/mol. The van der Waals surface area contributed by atoms with Crippen LogP contribution in [0.15, 0.2) is 24.3 Å². The predicted molar refractivity (Wildman–Crippen MR) is 76.0 cm³/mol. The summed E-state index contributed by atoms with van der Waals surface area (Å²) in [5.74, 6) is 0.890. The molecule has 1 aliphatic heterocycles. The normalized spacial score (nSPS) is 14.8. The third kappa shape index (κ3) is 3.72. The van der Waals surface area contributed by atoms with Gasteiger partial charge in [0.2, 0.25) is 5.91 Å². The first-order chi connectivity index (χ1) is 8.16. The van der Waals surface area contributed by atoms with Crippen LogP contribution in [0.25, 0.3) is 0 Å². The molecule has 0 saturated carbocycles. The Labute approximate surface area is 115 Å². The van der Waals surface area contributed by atoms with Crippen LogP contribution in [0.1, 0.15) is 30.9 Å². The Morgan fingerprint density at radius 3 is 2.39 bits per heavy atom. The molecule has 0 aliphatic carbocycles. The van der Waals surface area contributed by atoms with Crippen molar-refractivity contribution in [1.29, 1.82) is 0 Å². The summed E-state index contributed by atoms with van der Waals surface area (Å²) in [6.07, 6.45) is 0. The molecule has 0 unspecified atom stereocenters. The minimum Gasteiger partial charge on any atom is -0.352 e. The van der Waals surface area contributed by atoms with Gasteiger partial charge < -0.3 is 10.6 Å². The fourth-order valence-electron chi connectivity index (χ4n) is 1.83. The second-order valence-electron chi connectivity index (χ2n) is 4.97. The smallest absolute Gasteiger partial charge is 0.225 e. The molecule has 1 amide bonds. The summed E-state index contributed by atoms with van der Waals surface area (Å²) >= 11 is 0. The fourth-order valence-corrected chi connectivity index (χ4v) is 1.83. The zero-order valence-electron chi connectivity index (χ0n) is 10.9. The highest BCUT2D eigenvalue weighted by atomic mass is 35.5. The molecular formula is C14H21ClN2O. The van der Waals surface area contributed by atoms with E-state index in [1.165, 1.54) is 5.56 Å². The van der Waals surface area contributed by atoms with E-state index in [0.717, 1.165) is 18.7 Å². The molecule has 1 saturated heterocycles. The molecule has 2 rings (SSSR count). The molecule has 1 fully saturated rings. The number of hydrogen-bond donors (Lipinski definition) is 2.